The Kier molecular flexibility index (Phi) is 6.89. The van der Waals surface area contributed by atoms with Crippen molar-refractivity contribution in [3.63, 3.8) is 0 Å². The maximum Gasteiger partial charge on any atom is 0.0580 e. The van der Waals surface area contributed by atoms with Crippen LogP contribution in [0.5, 0.6) is 0 Å². The molecule has 0 saturated heterocycles. The summed E-state index contributed by atoms with van der Waals surface area (Å²) in [4.78, 5) is 4.94. The van der Waals surface area contributed by atoms with Crippen molar-refractivity contribution in [3.8, 4) is 11.1 Å². The van der Waals surface area contributed by atoms with Crippen LogP contribution >= 0.6 is 0 Å². The van der Waals surface area contributed by atoms with Crippen LogP contribution in [0.3, 0.4) is 0 Å². The molecule has 0 aromatic heterocycles. The molecule has 250 valence electrons. The monoisotopic (exact) mass is 660 g/mol. The lowest BCUT2D eigenvalue weighted by Gasteiger charge is -2.42. The highest BCUT2D eigenvalue weighted by Crippen LogP contribution is 2.51. The average Bonchev–Trinajstić information content (AvgIpc) is 3.34. The fourth-order valence-corrected chi connectivity index (χ4v) is 8.64. The smallest absolute Gasteiger partial charge is 0.0580 e. The van der Waals surface area contributed by atoms with Crippen LogP contribution in [-0.4, -0.2) is 11.1 Å². The van der Waals surface area contributed by atoms with Gasteiger partial charge in [0.1, 0.15) is 0 Å². The third-order valence-corrected chi connectivity index (χ3v) is 11.4. The summed E-state index contributed by atoms with van der Waals surface area (Å²) in [5, 5.41) is 2.49. The molecule has 51 heavy (non-hydrogen) atoms. The molecule has 0 radical (unpaired) electrons. The lowest BCUT2D eigenvalue weighted by atomic mass is 9.81. The van der Waals surface area contributed by atoms with Gasteiger partial charge in [-0.1, -0.05) is 129 Å². The Bertz CT molecular complexity index is 2470. The van der Waals surface area contributed by atoms with Gasteiger partial charge >= 0.3 is 0 Å². The number of rotatable bonds is 4. The van der Waals surface area contributed by atoms with Gasteiger partial charge in [-0.2, -0.15) is 0 Å². The Morgan fingerprint density at radius 2 is 0.922 bits per heavy atom. The second-order valence-corrected chi connectivity index (χ2v) is 16.0. The fraction of sp³-hybridized carbons (Fsp3) is 0.184. The van der Waals surface area contributed by atoms with Crippen LogP contribution in [0.1, 0.15) is 74.9 Å². The van der Waals surface area contributed by atoms with Crippen LogP contribution in [0.4, 0.5) is 22.7 Å². The molecule has 6 aromatic rings. The van der Waals surface area contributed by atoms with Gasteiger partial charge in [0.15, 0.2) is 0 Å². The van der Waals surface area contributed by atoms with Crippen LogP contribution in [0, 0.1) is 0 Å². The van der Waals surface area contributed by atoms with Crippen LogP contribution in [-0.2, 0) is 5.41 Å². The van der Waals surface area contributed by atoms with E-state index in [1.54, 1.807) is 0 Å². The number of hydrogen-bond donors (Lipinski definition) is 0. The van der Waals surface area contributed by atoms with Crippen molar-refractivity contribution in [2.24, 2.45) is 0 Å². The third kappa shape index (κ3) is 5.08. The summed E-state index contributed by atoms with van der Waals surface area (Å²) in [6.07, 6.45) is 13.6. The molecule has 0 unspecified atom stereocenters. The predicted octanol–water partition coefficient (Wildman–Crippen LogP) is 13.2. The molecule has 0 atom stereocenters. The van der Waals surface area contributed by atoms with Crippen molar-refractivity contribution < 1.29 is 0 Å². The van der Waals surface area contributed by atoms with Gasteiger partial charge in [0, 0.05) is 28.2 Å². The van der Waals surface area contributed by atoms with Gasteiger partial charge < -0.3 is 9.80 Å². The van der Waals surface area contributed by atoms with E-state index in [-0.39, 0.29) is 16.5 Å². The summed E-state index contributed by atoms with van der Waals surface area (Å²) >= 11 is 0. The lowest BCUT2D eigenvalue weighted by molar-refractivity contribution is 0.622. The number of anilines is 4. The lowest BCUT2D eigenvalue weighted by Crippen LogP contribution is -2.40. The second-order valence-electron chi connectivity index (χ2n) is 16.0. The molecular weight excluding hydrogens is 617 g/mol. The normalized spacial score (nSPS) is 17.4. The molecule has 2 nitrogen and oxygen atoms in total. The van der Waals surface area contributed by atoms with Crippen LogP contribution in [0.25, 0.3) is 46.2 Å². The highest BCUT2D eigenvalue weighted by molar-refractivity contribution is 5.92. The molecule has 0 saturated carbocycles. The van der Waals surface area contributed by atoms with Crippen molar-refractivity contribution in [2.75, 3.05) is 9.80 Å². The van der Waals surface area contributed by atoms with E-state index in [9.17, 15) is 0 Å². The standard InChI is InChI=1S/C49H44N2/c1-47(2)27-25-35-11-7-9-13-45(35)50(47)39-21-20-37-29-33(17-19-38(37)31-39)15-16-34-18-23-41-42-24-22-40(32-44(42)49(5,6)43(41)30-34)51-46-14-10-8-12-36(46)26-28-48(51,3)4/h7-32H,1-6H3/b16-15+. The molecule has 9 rings (SSSR count). The van der Waals surface area contributed by atoms with Gasteiger partial charge in [-0.15, -0.1) is 0 Å². The summed E-state index contributed by atoms with van der Waals surface area (Å²) in [5.41, 5.74) is 15.0. The summed E-state index contributed by atoms with van der Waals surface area (Å²) < 4.78 is 0. The van der Waals surface area contributed by atoms with E-state index in [0.29, 0.717) is 0 Å². The average molecular weight is 661 g/mol. The minimum atomic E-state index is -0.130. The number of benzene rings is 6. The fourth-order valence-electron chi connectivity index (χ4n) is 8.64. The third-order valence-electron chi connectivity index (χ3n) is 11.4. The van der Waals surface area contributed by atoms with Gasteiger partial charge in [-0.3, -0.25) is 0 Å². The first-order valence-corrected chi connectivity index (χ1v) is 18.2. The highest BCUT2D eigenvalue weighted by atomic mass is 15.2. The zero-order valence-electron chi connectivity index (χ0n) is 30.4. The Morgan fingerprint density at radius 1 is 0.451 bits per heavy atom. The predicted molar refractivity (Wildman–Crippen MR) is 220 cm³/mol. The van der Waals surface area contributed by atoms with E-state index in [1.807, 2.05) is 0 Å². The Balaban J connectivity index is 0.996. The number of para-hydroxylation sites is 2. The molecule has 0 fully saturated rings. The van der Waals surface area contributed by atoms with Gasteiger partial charge in [0.2, 0.25) is 0 Å². The van der Waals surface area contributed by atoms with Crippen molar-refractivity contribution in [1.29, 1.82) is 0 Å². The van der Waals surface area contributed by atoms with E-state index >= 15 is 0 Å². The summed E-state index contributed by atoms with van der Waals surface area (Å²) in [7, 11) is 0. The number of nitrogens with zero attached hydrogens (tertiary/aromatic N) is 2. The van der Waals surface area contributed by atoms with Gasteiger partial charge in [-0.25, -0.2) is 0 Å². The molecule has 2 aliphatic heterocycles. The van der Waals surface area contributed by atoms with E-state index < -0.39 is 0 Å². The molecule has 2 heterocycles. The Hall–Kier alpha value is -5.60. The van der Waals surface area contributed by atoms with Crippen molar-refractivity contribution in [3.05, 3.63) is 167 Å². The van der Waals surface area contributed by atoms with E-state index in [0.717, 1.165) is 0 Å². The first-order chi connectivity index (χ1) is 24.5. The zero-order valence-corrected chi connectivity index (χ0v) is 30.4. The van der Waals surface area contributed by atoms with Gasteiger partial charge in [0.25, 0.3) is 0 Å². The Labute approximate surface area is 302 Å². The molecule has 2 heteroatoms. The molecule has 3 aliphatic rings. The summed E-state index contributed by atoms with van der Waals surface area (Å²) in [5.74, 6) is 0. The maximum absolute atomic E-state index is 2.49. The van der Waals surface area contributed by atoms with Crippen molar-refractivity contribution in [1.82, 2.24) is 0 Å². The summed E-state index contributed by atoms with van der Waals surface area (Å²) in [6, 6.07) is 45.1. The minimum absolute atomic E-state index is 0.111. The van der Waals surface area contributed by atoms with Crippen LogP contribution in [0.15, 0.2) is 133 Å². The quantitative estimate of drug-likeness (QED) is 0.174. The van der Waals surface area contributed by atoms with Crippen LogP contribution < -0.4 is 9.80 Å². The molecular formula is C49H44N2. The van der Waals surface area contributed by atoms with Crippen molar-refractivity contribution in [2.45, 2.75) is 58.0 Å². The largest absolute Gasteiger partial charge is 0.332 e. The van der Waals surface area contributed by atoms with E-state index in [2.05, 4.69) is 209 Å². The SMILES string of the molecule is CC1(C)c2cc(/C=C/c3ccc4cc(N5c6ccccc6C=CC5(C)C)ccc4c3)ccc2-c2ccc(N3c4ccccc4C=CC3(C)C)cc21. The molecule has 1 aliphatic carbocycles. The van der Waals surface area contributed by atoms with Crippen LogP contribution in [0.2, 0.25) is 0 Å². The first kappa shape index (κ1) is 31.4. The van der Waals surface area contributed by atoms with Gasteiger partial charge in [0.05, 0.1) is 11.1 Å². The maximum atomic E-state index is 2.49. The minimum Gasteiger partial charge on any atom is -0.332 e. The molecule has 0 bridgehead atoms. The van der Waals surface area contributed by atoms with Gasteiger partial charge in [-0.05, 0) is 125 Å². The van der Waals surface area contributed by atoms with Crippen molar-refractivity contribution >= 4 is 57.8 Å². The molecule has 0 spiro atoms. The molecule has 6 aromatic carbocycles. The summed E-state index contributed by atoms with van der Waals surface area (Å²) in [6.45, 7) is 13.9. The zero-order chi connectivity index (χ0) is 35.1. The number of fused-ring (bicyclic) bond motifs is 6. The highest BCUT2D eigenvalue weighted by Gasteiger charge is 2.38. The second kappa shape index (κ2) is 11.2. The van der Waals surface area contributed by atoms with E-state index in [4.69, 9.17) is 0 Å². The Morgan fingerprint density at radius 3 is 1.57 bits per heavy atom. The molecule has 0 amide bonds. The van der Waals surface area contributed by atoms with E-state index in [1.165, 1.54) is 78.0 Å². The topological polar surface area (TPSA) is 6.48 Å². The molecule has 0 N–H and O–H groups in total. The number of hydrogen-bond acceptors (Lipinski definition) is 2. The first-order valence-electron chi connectivity index (χ1n) is 18.2.